The Labute approximate surface area is 68.0 Å². The van der Waals surface area contributed by atoms with Gasteiger partial charge < -0.3 is 9.84 Å². The van der Waals surface area contributed by atoms with Crippen LogP contribution in [-0.2, 0) is 4.74 Å². The lowest BCUT2D eigenvalue weighted by molar-refractivity contribution is 0.0141. The molecular weight excluding hydrogens is 142 g/mol. The predicted octanol–water partition coefficient (Wildman–Crippen LogP) is 0.0895. The first kappa shape index (κ1) is 8.97. The van der Waals surface area contributed by atoms with Crippen molar-refractivity contribution in [3.8, 4) is 0 Å². The van der Waals surface area contributed by atoms with Gasteiger partial charge in [-0.2, -0.15) is 0 Å². The number of rotatable bonds is 3. The molecule has 1 rings (SSSR count). The molecule has 1 aliphatic heterocycles. The number of β-amino-alcohol motifs (C(OH)–C–C–N with tert-alkyl or cyclic N) is 1. The first-order chi connectivity index (χ1) is 5.33. The zero-order valence-corrected chi connectivity index (χ0v) is 7.12. The monoisotopic (exact) mass is 159 g/mol. The van der Waals surface area contributed by atoms with Crippen molar-refractivity contribution in [3.63, 3.8) is 0 Å². The minimum atomic E-state index is -0.159. The Morgan fingerprint density at radius 1 is 1.45 bits per heavy atom. The third kappa shape index (κ3) is 3.18. The highest BCUT2D eigenvalue weighted by Crippen LogP contribution is 2.00. The molecule has 0 aromatic heterocycles. The van der Waals surface area contributed by atoms with E-state index in [4.69, 9.17) is 4.74 Å². The minimum Gasteiger partial charge on any atom is -0.392 e. The summed E-state index contributed by atoms with van der Waals surface area (Å²) >= 11 is 0. The number of nitrogens with zero attached hydrogens (tertiary/aromatic N) is 1. The molecule has 66 valence electrons. The van der Waals surface area contributed by atoms with Crippen LogP contribution in [0.1, 0.15) is 13.3 Å². The molecule has 0 spiro atoms. The minimum absolute atomic E-state index is 0.159. The van der Waals surface area contributed by atoms with Crippen molar-refractivity contribution in [2.75, 3.05) is 32.8 Å². The molecule has 0 bridgehead atoms. The highest BCUT2D eigenvalue weighted by molar-refractivity contribution is 4.65. The maximum absolute atomic E-state index is 9.33. The number of aliphatic hydroxyl groups excluding tert-OH is 1. The summed E-state index contributed by atoms with van der Waals surface area (Å²) in [6.45, 7) is 6.38. The molecule has 1 N–H and O–H groups in total. The fourth-order valence-electron chi connectivity index (χ4n) is 1.21. The lowest BCUT2D eigenvalue weighted by Gasteiger charge is -2.28. The zero-order valence-electron chi connectivity index (χ0n) is 7.12. The Bertz CT molecular complexity index is 102. The molecule has 1 fully saturated rings. The van der Waals surface area contributed by atoms with Crippen molar-refractivity contribution in [1.29, 1.82) is 0 Å². The van der Waals surface area contributed by atoms with Crippen molar-refractivity contribution in [2.45, 2.75) is 19.4 Å². The van der Waals surface area contributed by atoms with E-state index in [0.29, 0.717) is 0 Å². The van der Waals surface area contributed by atoms with Gasteiger partial charge in [0.2, 0.25) is 0 Å². The molecule has 0 unspecified atom stereocenters. The van der Waals surface area contributed by atoms with Gasteiger partial charge in [0.15, 0.2) is 0 Å². The fraction of sp³-hybridized carbons (Fsp3) is 1.00. The van der Waals surface area contributed by atoms with Crippen molar-refractivity contribution in [3.05, 3.63) is 0 Å². The van der Waals surface area contributed by atoms with E-state index in [-0.39, 0.29) is 6.10 Å². The smallest absolute Gasteiger partial charge is 0.0664 e. The summed E-state index contributed by atoms with van der Waals surface area (Å²) in [7, 11) is 0. The van der Waals surface area contributed by atoms with Gasteiger partial charge in [-0.25, -0.2) is 0 Å². The van der Waals surface area contributed by atoms with Gasteiger partial charge in [0, 0.05) is 19.6 Å². The van der Waals surface area contributed by atoms with Crippen LogP contribution >= 0.6 is 0 Å². The molecule has 0 aliphatic carbocycles. The van der Waals surface area contributed by atoms with Crippen LogP contribution in [0.25, 0.3) is 0 Å². The first-order valence-electron chi connectivity index (χ1n) is 4.31. The topological polar surface area (TPSA) is 32.7 Å². The molecule has 1 aliphatic rings. The van der Waals surface area contributed by atoms with Gasteiger partial charge >= 0.3 is 0 Å². The molecule has 1 atom stereocenters. The standard InChI is InChI=1S/C8H17NO2/c1-2-8(10)7-9-3-5-11-6-4-9/h8,10H,2-7H2,1H3/t8-/m0/s1. The van der Waals surface area contributed by atoms with Gasteiger partial charge in [0.05, 0.1) is 19.3 Å². The van der Waals surface area contributed by atoms with E-state index < -0.39 is 0 Å². The number of hydrogen-bond donors (Lipinski definition) is 1. The first-order valence-corrected chi connectivity index (χ1v) is 4.31. The average Bonchev–Trinajstić information content (AvgIpc) is 2.06. The average molecular weight is 159 g/mol. The lowest BCUT2D eigenvalue weighted by Crippen LogP contribution is -2.40. The largest absolute Gasteiger partial charge is 0.392 e. The molecular formula is C8H17NO2. The maximum atomic E-state index is 9.33. The number of aliphatic hydroxyl groups is 1. The second-order valence-electron chi connectivity index (χ2n) is 2.98. The van der Waals surface area contributed by atoms with Gasteiger partial charge in [0.1, 0.15) is 0 Å². The summed E-state index contributed by atoms with van der Waals surface area (Å²) in [6.07, 6.45) is 0.685. The molecule has 0 saturated carbocycles. The molecule has 0 radical (unpaired) electrons. The van der Waals surface area contributed by atoms with Crippen LogP contribution < -0.4 is 0 Å². The molecule has 11 heavy (non-hydrogen) atoms. The van der Waals surface area contributed by atoms with Crippen LogP contribution in [0.2, 0.25) is 0 Å². The summed E-state index contributed by atoms with van der Waals surface area (Å²) in [5, 5.41) is 9.33. The summed E-state index contributed by atoms with van der Waals surface area (Å²) < 4.78 is 5.19. The van der Waals surface area contributed by atoms with Gasteiger partial charge in [-0.15, -0.1) is 0 Å². The Kier molecular flexibility index (Phi) is 3.83. The van der Waals surface area contributed by atoms with Crippen LogP contribution in [0.15, 0.2) is 0 Å². The summed E-state index contributed by atoms with van der Waals surface area (Å²) in [6, 6.07) is 0. The van der Waals surface area contributed by atoms with Gasteiger partial charge in [-0.05, 0) is 6.42 Å². The number of ether oxygens (including phenoxy) is 1. The quantitative estimate of drug-likeness (QED) is 0.633. The SMILES string of the molecule is CC[C@H](O)CN1CCOCC1. The second-order valence-corrected chi connectivity index (χ2v) is 2.98. The van der Waals surface area contributed by atoms with Gasteiger partial charge in [-0.1, -0.05) is 6.92 Å². The molecule has 0 aromatic rings. The van der Waals surface area contributed by atoms with Gasteiger partial charge in [-0.3, -0.25) is 4.90 Å². The third-order valence-corrected chi connectivity index (χ3v) is 2.04. The molecule has 0 aromatic carbocycles. The van der Waals surface area contributed by atoms with E-state index in [1.54, 1.807) is 0 Å². The predicted molar refractivity (Wildman–Crippen MR) is 43.6 cm³/mol. The Morgan fingerprint density at radius 2 is 2.09 bits per heavy atom. The van der Waals surface area contributed by atoms with Crippen molar-refractivity contribution < 1.29 is 9.84 Å². The van der Waals surface area contributed by atoms with Crippen LogP contribution in [0.3, 0.4) is 0 Å². The molecule has 0 amide bonds. The van der Waals surface area contributed by atoms with Crippen molar-refractivity contribution >= 4 is 0 Å². The van der Waals surface area contributed by atoms with Crippen molar-refractivity contribution in [2.24, 2.45) is 0 Å². The molecule has 1 heterocycles. The van der Waals surface area contributed by atoms with E-state index >= 15 is 0 Å². The highest BCUT2D eigenvalue weighted by Gasteiger charge is 2.12. The molecule has 1 saturated heterocycles. The summed E-state index contributed by atoms with van der Waals surface area (Å²) in [5.74, 6) is 0. The Balaban J connectivity index is 2.13. The maximum Gasteiger partial charge on any atom is 0.0664 e. The summed E-state index contributed by atoms with van der Waals surface area (Å²) in [4.78, 5) is 2.25. The Hall–Kier alpha value is -0.120. The molecule has 3 heteroatoms. The van der Waals surface area contributed by atoms with Crippen LogP contribution in [-0.4, -0.2) is 49.0 Å². The van der Waals surface area contributed by atoms with Crippen LogP contribution in [0, 0.1) is 0 Å². The van der Waals surface area contributed by atoms with Crippen molar-refractivity contribution in [1.82, 2.24) is 4.90 Å². The Morgan fingerprint density at radius 3 is 2.64 bits per heavy atom. The normalized spacial score (nSPS) is 23.5. The van der Waals surface area contributed by atoms with E-state index in [1.807, 2.05) is 6.92 Å². The fourth-order valence-corrected chi connectivity index (χ4v) is 1.21. The van der Waals surface area contributed by atoms with E-state index in [9.17, 15) is 5.11 Å². The highest BCUT2D eigenvalue weighted by atomic mass is 16.5. The number of morpholine rings is 1. The van der Waals surface area contributed by atoms with E-state index in [2.05, 4.69) is 4.90 Å². The zero-order chi connectivity index (χ0) is 8.10. The van der Waals surface area contributed by atoms with E-state index in [1.165, 1.54) is 0 Å². The van der Waals surface area contributed by atoms with Crippen LogP contribution in [0.4, 0.5) is 0 Å². The molecule has 3 nitrogen and oxygen atoms in total. The lowest BCUT2D eigenvalue weighted by atomic mass is 10.2. The van der Waals surface area contributed by atoms with Crippen LogP contribution in [0.5, 0.6) is 0 Å². The van der Waals surface area contributed by atoms with E-state index in [0.717, 1.165) is 39.3 Å². The second kappa shape index (κ2) is 4.70. The summed E-state index contributed by atoms with van der Waals surface area (Å²) in [5.41, 5.74) is 0. The number of hydrogen-bond acceptors (Lipinski definition) is 3. The van der Waals surface area contributed by atoms with Gasteiger partial charge in [0.25, 0.3) is 0 Å². The third-order valence-electron chi connectivity index (χ3n) is 2.04.